The van der Waals surface area contributed by atoms with Crippen molar-refractivity contribution in [2.45, 2.75) is 16.2 Å². The first-order valence-corrected chi connectivity index (χ1v) is 8.77. The summed E-state index contributed by atoms with van der Waals surface area (Å²) in [5, 5.41) is -0.301. The minimum atomic E-state index is -0.301. The highest BCUT2D eigenvalue weighted by atomic mass is 32.2. The van der Waals surface area contributed by atoms with E-state index in [9.17, 15) is 4.79 Å². The summed E-state index contributed by atoms with van der Waals surface area (Å²) in [5.41, 5.74) is 1.69. The fourth-order valence-electron chi connectivity index (χ4n) is 2.91. The van der Waals surface area contributed by atoms with E-state index in [1.807, 2.05) is 84.9 Å². The Morgan fingerprint density at radius 3 is 2.12 bits per heavy atom. The van der Waals surface area contributed by atoms with Gasteiger partial charge in [0.1, 0.15) is 17.1 Å². The smallest absolute Gasteiger partial charge is 0.184 e. The number of carbonyl (C=O) groups excluding carboxylic acids is 1. The summed E-state index contributed by atoms with van der Waals surface area (Å²) in [5.74, 6) is 0.792. The molecule has 0 spiro atoms. The number of fused-ring (bicyclic) bond motifs is 1. The number of carbonyl (C=O) groups is 1. The van der Waals surface area contributed by atoms with Gasteiger partial charge in [0.15, 0.2) is 5.78 Å². The van der Waals surface area contributed by atoms with Gasteiger partial charge >= 0.3 is 0 Å². The second-order valence-electron chi connectivity index (χ2n) is 5.66. The molecule has 1 heterocycles. The molecular formula is C21H16O2S. The molecule has 0 radical (unpaired) electrons. The second-order valence-corrected chi connectivity index (χ2v) is 6.88. The molecule has 1 aliphatic heterocycles. The van der Waals surface area contributed by atoms with E-state index in [2.05, 4.69) is 0 Å². The van der Waals surface area contributed by atoms with Crippen molar-refractivity contribution in [3.05, 3.63) is 96.1 Å². The predicted octanol–water partition coefficient (Wildman–Crippen LogP) is 5.16. The third kappa shape index (κ3) is 2.83. The van der Waals surface area contributed by atoms with E-state index in [0.717, 1.165) is 10.5 Å². The van der Waals surface area contributed by atoms with Gasteiger partial charge in [0.05, 0.1) is 5.56 Å². The van der Waals surface area contributed by atoms with Crippen LogP contribution in [0.1, 0.15) is 22.0 Å². The van der Waals surface area contributed by atoms with Gasteiger partial charge in [0, 0.05) is 4.90 Å². The number of para-hydroxylation sites is 1. The van der Waals surface area contributed by atoms with Crippen LogP contribution in [0.3, 0.4) is 0 Å². The van der Waals surface area contributed by atoms with Crippen LogP contribution in [0.15, 0.2) is 89.8 Å². The summed E-state index contributed by atoms with van der Waals surface area (Å²) < 4.78 is 6.23. The molecular weight excluding hydrogens is 316 g/mol. The molecule has 0 saturated carbocycles. The topological polar surface area (TPSA) is 26.3 Å². The summed E-state index contributed by atoms with van der Waals surface area (Å²) in [6.07, 6.45) is -0.293. The Hall–Kier alpha value is -2.52. The van der Waals surface area contributed by atoms with Crippen molar-refractivity contribution in [1.82, 2.24) is 0 Å². The lowest BCUT2D eigenvalue weighted by Gasteiger charge is -2.32. The molecule has 0 bridgehead atoms. The number of hydrogen-bond donors (Lipinski definition) is 0. The monoisotopic (exact) mass is 332 g/mol. The molecule has 2 unspecified atom stereocenters. The van der Waals surface area contributed by atoms with E-state index in [-0.39, 0.29) is 17.1 Å². The highest BCUT2D eigenvalue weighted by Crippen LogP contribution is 2.42. The van der Waals surface area contributed by atoms with Gasteiger partial charge in [0.2, 0.25) is 0 Å². The average Bonchev–Trinajstić information content (AvgIpc) is 2.65. The highest BCUT2D eigenvalue weighted by molar-refractivity contribution is 8.00. The second kappa shape index (κ2) is 6.54. The Bertz CT molecular complexity index is 846. The molecule has 3 aromatic rings. The van der Waals surface area contributed by atoms with Crippen LogP contribution in [-0.4, -0.2) is 11.0 Å². The van der Waals surface area contributed by atoms with Crippen molar-refractivity contribution >= 4 is 17.5 Å². The number of benzene rings is 3. The molecule has 0 saturated heterocycles. The van der Waals surface area contributed by atoms with Gasteiger partial charge in [0.25, 0.3) is 0 Å². The number of hydrogen-bond acceptors (Lipinski definition) is 3. The SMILES string of the molecule is O=C1c2ccccc2OC(c2ccccc2)C1Sc1ccccc1. The fraction of sp³-hybridized carbons (Fsp3) is 0.0952. The average molecular weight is 332 g/mol. The van der Waals surface area contributed by atoms with E-state index in [0.29, 0.717) is 11.3 Å². The summed E-state index contributed by atoms with van der Waals surface area (Å²) >= 11 is 1.56. The van der Waals surface area contributed by atoms with Gasteiger partial charge < -0.3 is 4.74 Å². The molecule has 1 aliphatic rings. The van der Waals surface area contributed by atoms with Crippen molar-refractivity contribution in [1.29, 1.82) is 0 Å². The lowest BCUT2D eigenvalue weighted by Crippen LogP contribution is -2.34. The molecule has 2 atom stereocenters. The van der Waals surface area contributed by atoms with Crippen molar-refractivity contribution in [2.24, 2.45) is 0 Å². The predicted molar refractivity (Wildman–Crippen MR) is 96.7 cm³/mol. The summed E-state index contributed by atoms with van der Waals surface area (Å²) in [7, 11) is 0. The van der Waals surface area contributed by atoms with Crippen LogP contribution in [-0.2, 0) is 0 Å². The van der Waals surface area contributed by atoms with Gasteiger partial charge in [-0.1, -0.05) is 60.7 Å². The van der Waals surface area contributed by atoms with Gasteiger partial charge in [-0.3, -0.25) is 4.79 Å². The minimum Gasteiger partial charge on any atom is -0.483 e. The zero-order valence-electron chi connectivity index (χ0n) is 13.0. The molecule has 0 aromatic heterocycles. The molecule has 0 amide bonds. The Morgan fingerprint density at radius 1 is 0.750 bits per heavy atom. The molecule has 0 aliphatic carbocycles. The van der Waals surface area contributed by atoms with Gasteiger partial charge in [-0.05, 0) is 29.8 Å². The summed E-state index contributed by atoms with van der Waals surface area (Å²) in [6, 6.07) is 27.5. The summed E-state index contributed by atoms with van der Waals surface area (Å²) in [4.78, 5) is 14.2. The van der Waals surface area contributed by atoms with Crippen molar-refractivity contribution < 1.29 is 9.53 Å². The molecule has 0 fully saturated rings. The Balaban J connectivity index is 1.76. The first-order chi connectivity index (χ1) is 11.8. The lowest BCUT2D eigenvalue weighted by molar-refractivity contribution is 0.0867. The van der Waals surface area contributed by atoms with Crippen LogP contribution >= 0.6 is 11.8 Å². The number of ketones is 1. The Kier molecular flexibility index (Phi) is 4.09. The maximum Gasteiger partial charge on any atom is 0.184 e. The largest absolute Gasteiger partial charge is 0.483 e. The number of Topliss-reactive ketones (excluding diaryl/α,β-unsaturated/α-hetero) is 1. The van der Waals surface area contributed by atoms with Crippen LogP contribution in [0.5, 0.6) is 5.75 Å². The fourth-order valence-corrected chi connectivity index (χ4v) is 4.09. The van der Waals surface area contributed by atoms with E-state index in [4.69, 9.17) is 4.74 Å². The zero-order chi connectivity index (χ0) is 16.4. The van der Waals surface area contributed by atoms with E-state index < -0.39 is 0 Å². The normalized spacial score (nSPS) is 19.4. The van der Waals surface area contributed by atoms with E-state index in [1.54, 1.807) is 11.8 Å². The number of thioether (sulfide) groups is 1. The zero-order valence-corrected chi connectivity index (χ0v) is 13.8. The van der Waals surface area contributed by atoms with Gasteiger partial charge in [-0.2, -0.15) is 0 Å². The Labute approximate surface area is 145 Å². The van der Waals surface area contributed by atoms with Crippen LogP contribution in [0.4, 0.5) is 0 Å². The van der Waals surface area contributed by atoms with E-state index >= 15 is 0 Å². The summed E-state index contributed by atoms with van der Waals surface area (Å²) in [6.45, 7) is 0. The maximum atomic E-state index is 13.1. The first kappa shape index (κ1) is 15.0. The molecule has 118 valence electrons. The van der Waals surface area contributed by atoms with Crippen molar-refractivity contribution in [3.8, 4) is 5.75 Å². The van der Waals surface area contributed by atoms with Gasteiger partial charge in [-0.15, -0.1) is 11.8 Å². The van der Waals surface area contributed by atoms with Crippen molar-refractivity contribution in [2.75, 3.05) is 0 Å². The standard InChI is InChI=1S/C21H16O2S/c22-19-17-13-7-8-14-18(17)23-20(15-9-3-1-4-10-15)21(19)24-16-11-5-2-6-12-16/h1-14,20-21H. The molecule has 3 aromatic carbocycles. The molecule has 0 N–H and O–H groups in total. The van der Waals surface area contributed by atoms with Crippen molar-refractivity contribution in [3.63, 3.8) is 0 Å². The van der Waals surface area contributed by atoms with Crippen LogP contribution in [0.2, 0.25) is 0 Å². The Morgan fingerprint density at radius 2 is 1.38 bits per heavy atom. The molecule has 24 heavy (non-hydrogen) atoms. The van der Waals surface area contributed by atoms with Crippen LogP contribution in [0, 0.1) is 0 Å². The van der Waals surface area contributed by atoms with Gasteiger partial charge in [-0.25, -0.2) is 0 Å². The third-order valence-corrected chi connectivity index (χ3v) is 5.33. The number of ether oxygens (including phenoxy) is 1. The number of rotatable bonds is 3. The molecule has 3 heteroatoms. The highest BCUT2D eigenvalue weighted by Gasteiger charge is 2.38. The lowest BCUT2D eigenvalue weighted by atomic mass is 9.96. The van der Waals surface area contributed by atoms with Crippen LogP contribution < -0.4 is 4.74 Å². The quantitative estimate of drug-likeness (QED) is 0.662. The minimum absolute atomic E-state index is 0.125. The molecule has 4 rings (SSSR count). The molecule has 2 nitrogen and oxygen atoms in total. The van der Waals surface area contributed by atoms with E-state index in [1.165, 1.54) is 0 Å². The third-order valence-electron chi connectivity index (χ3n) is 4.07. The van der Waals surface area contributed by atoms with Crippen LogP contribution in [0.25, 0.3) is 0 Å². The maximum absolute atomic E-state index is 13.1. The first-order valence-electron chi connectivity index (χ1n) is 7.89.